The Morgan fingerprint density at radius 2 is 2.00 bits per heavy atom. The summed E-state index contributed by atoms with van der Waals surface area (Å²) in [6.45, 7) is 6.99. The molecular formula is C21H29N5O3. The summed E-state index contributed by atoms with van der Waals surface area (Å²) in [5.41, 5.74) is 2.46. The fraction of sp³-hybridized carbons (Fsp3) is 0.476. The minimum atomic E-state index is -0.547. The van der Waals surface area contributed by atoms with Crippen LogP contribution in [0.3, 0.4) is 0 Å². The summed E-state index contributed by atoms with van der Waals surface area (Å²) in [7, 11) is 0. The minimum Gasteiger partial charge on any atom is -0.444 e. The molecule has 0 atom stereocenters. The molecule has 1 aliphatic rings. The van der Waals surface area contributed by atoms with Crippen LogP contribution in [-0.2, 0) is 24.1 Å². The molecule has 0 saturated carbocycles. The molecule has 8 heteroatoms. The minimum absolute atomic E-state index is 0.304. The monoisotopic (exact) mass is 399 g/mol. The Kier molecular flexibility index (Phi) is 6.41. The molecule has 0 radical (unpaired) electrons. The van der Waals surface area contributed by atoms with Gasteiger partial charge >= 0.3 is 12.1 Å². The van der Waals surface area contributed by atoms with Crippen molar-refractivity contribution in [1.29, 1.82) is 0 Å². The molecule has 1 aromatic heterocycles. The highest BCUT2D eigenvalue weighted by Gasteiger charge is 2.29. The summed E-state index contributed by atoms with van der Waals surface area (Å²) in [6.07, 6.45) is 2.04. The number of H-pyrrole nitrogens is 1. The van der Waals surface area contributed by atoms with Crippen LogP contribution in [0.25, 0.3) is 0 Å². The predicted octanol–water partition coefficient (Wildman–Crippen LogP) is 3.46. The number of carbonyl (C=O) groups is 2. The van der Waals surface area contributed by atoms with E-state index in [2.05, 4.69) is 33.0 Å². The van der Waals surface area contributed by atoms with Crippen LogP contribution in [0.4, 0.5) is 15.4 Å². The van der Waals surface area contributed by atoms with Gasteiger partial charge in [-0.3, -0.25) is 10.4 Å². The van der Waals surface area contributed by atoms with Gasteiger partial charge in [0.1, 0.15) is 5.60 Å². The number of aryl methyl sites for hydroxylation is 1. The summed E-state index contributed by atoms with van der Waals surface area (Å²) >= 11 is 0. The maximum atomic E-state index is 12.3. The van der Waals surface area contributed by atoms with Crippen LogP contribution in [0.15, 0.2) is 30.3 Å². The van der Waals surface area contributed by atoms with Gasteiger partial charge in [-0.05, 0) is 39.2 Å². The number of urea groups is 1. The molecule has 8 nitrogen and oxygen atoms in total. The van der Waals surface area contributed by atoms with Gasteiger partial charge in [0.2, 0.25) is 0 Å². The predicted molar refractivity (Wildman–Crippen MR) is 111 cm³/mol. The fourth-order valence-electron chi connectivity index (χ4n) is 3.17. The lowest BCUT2D eigenvalue weighted by Gasteiger charge is -2.30. The van der Waals surface area contributed by atoms with Crippen molar-refractivity contribution in [3.05, 3.63) is 47.2 Å². The smallest absolute Gasteiger partial charge is 0.410 e. The van der Waals surface area contributed by atoms with E-state index in [1.54, 1.807) is 4.90 Å². The van der Waals surface area contributed by atoms with Gasteiger partial charge in [0, 0.05) is 30.8 Å². The van der Waals surface area contributed by atoms with Crippen LogP contribution in [0.2, 0.25) is 0 Å². The highest BCUT2D eigenvalue weighted by Crippen LogP contribution is 2.25. The number of anilines is 1. The number of carbonyl (C=O) groups excluding carboxylic acids is 2. The van der Waals surface area contributed by atoms with Crippen molar-refractivity contribution in [2.45, 2.75) is 52.2 Å². The standard InChI is InChI=1S/C21H29N5O3/c1-21(2,3)29-20(28)26-13-11-17-16(14-26)18(25-24-17)23-19(27)22-12-7-10-15-8-5-4-6-9-15/h4-6,8-9H,7,10-14H2,1-3H3,(H3,22,23,24,25,27). The van der Waals surface area contributed by atoms with Crippen molar-refractivity contribution in [1.82, 2.24) is 20.4 Å². The van der Waals surface area contributed by atoms with Crippen LogP contribution < -0.4 is 10.6 Å². The van der Waals surface area contributed by atoms with E-state index in [1.807, 2.05) is 39.0 Å². The lowest BCUT2D eigenvalue weighted by atomic mass is 10.1. The fourth-order valence-corrected chi connectivity index (χ4v) is 3.17. The average molecular weight is 399 g/mol. The first-order valence-corrected chi connectivity index (χ1v) is 9.94. The number of ether oxygens (including phenoxy) is 1. The number of rotatable bonds is 5. The van der Waals surface area contributed by atoms with Crippen LogP contribution in [0, 0.1) is 0 Å². The zero-order chi connectivity index (χ0) is 20.9. The van der Waals surface area contributed by atoms with Crippen LogP contribution >= 0.6 is 0 Å². The Balaban J connectivity index is 1.49. The van der Waals surface area contributed by atoms with E-state index in [0.717, 1.165) is 24.1 Å². The van der Waals surface area contributed by atoms with Crippen molar-refractivity contribution in [2.75, 3.05) is 18.4 Å². The quantitative estimate of drug-likeness (QED) is 0.671. The van der Waals surface area contributed by atoms with Gasteiger partial charge in [-0.1, -0.05) is 30.3 Å². The van der Waals surface area contributed by atoms with E-state index in [0.29, 0.717) is 31.9 Å². The number of aromatic nitrogens is 2. The maximum Gasteiger partial charge on any atom is 0.410 e. The number of benzene rings is 1. The molecule has 3 N–H and O–H groups in total. The molecule has 156 valence electrons. The average Bonchev–Trinajstić information content (AvgIpc) is 3.07. The van der Waals surface area contributed by atoms with Gasteiger partial charge < -0.3 is 15.0 Å². The second-order valence-corrected chi connectivity index (χ2v) is 8.15. The van der Waals surface area contributed by atoms with Gasteiger partial charge in [0.15, 0.2) is 5.82 Å². The molecule has 1 aromatic carbocycles. The molecule has 0 bridgehead atoms. The Morgan fingerprint density at radius 3 is 2.72 bits per heavy atom. The van der Waals surface area contributed by atoms with E-state index >= 15 is 0 Å². The van der Waals surface area contributed by atoms with Crippen molar-refractivity contribution in [3.8, 4) is 0 Å². The van der Waals surface area contributed by atoms with Crippen molar-refractivity contribution in [3.63, 3.8) is 0 Å². The number of amides is 3. The highest BCUT2D eigenvalue weighted by molar-refractivity contribution is 5.89. The number of hydrogen-bond donors (Lipinski definition) is 3. The number of nitrogens with one attached hydrogen (secondary N) is 3. The number of aromatic amines is 1. The SMILES string of the molecule is CC(C)(C)OC(=O)N1CCc2[nH]nc(NC(=O)NCCCc3ccccc3)c2C1. The molecule has 2 aromatic rings. The zero-order valence-electron chi connectivity index (χ0n) is 17.2. The van der Waals surface area contributed by atoms with E-state index < -0.39 is 5.60 Å². The van der Waals surface area contributed by atoms with Gasteiger partial charge in [-0.25, -0.2) is 9.59 Å². The van der Waals surface area contributed by atoms with Gasteiger partial charge in [0.25, 0.3) is 0 Å². The van der Waals surface area contributed by atoms with Crippen LogP contribution in [0.5, 0.6) is 0 Å². The molecular weight excluding hydrogens is 370 g/mol. The summed E-state index contributed by atoms with van der Waals surface area (Å²) in [5.74, 6) is 0.453. The van der Waals surface area contributed by atoms with Crippen molar-refractivity contribution >= 4 is 17.9 Å². The first-order chi connectivity index (χ1) is 13.8. The second-order valence-electron chi connectivity index (χ2n) is 8.15. The molecule has 29 heavy (non-hydrogen) atoms. The number of hydrogen-bond acceptors (Lipinski definition) is 4. The largest absolute Gasteiger partial charge is 0.444 e. The lowest BCUT2D eigenvalue weighted by Crippen LogP contribution is -2.40. The van der Waals surface area contributed by atoms with Gasteiger partial charge in [-0.2, -0.15) is 5.10 Å². The molecule has 3 rings (SSSR count). The summed E-state index contributed by atoms with van der Waals surface area (Å²) < 4.78 is 5.45. The lowest BCUT2D eigenvalue weighted by molar-refractivity contribution is 0.0224. The second kappa shape index (κ2) is 8.98. The first-order valence-electron chi connectivity index (χ1n) is 9.94. The highest BCUT2D eigenvalue weighted by atomic mass is 16.6. The number of nitrogens with zero attached hydrogens (tertiary/aromatic N) is 2. The first kappa shape index (κ1) is 20.7. The third-order valence-electron chi connectivity index (χ3n) is 4.59. The van der Waals surface area contributed by atoms with Gasteiger partial charge in [0.05, 0.1) is 6.54 Å². The zero-order valence-corrected chi connectivity index (χ0v) is 17.2. The molecule has 2 heterocycles. The topological polar surface area (TPSA) is 99.3 Å². The van der Waals surface area contributed by atoms with E-state index in [4.69, 9.17) is 4.74 Å². The normalized spacial score (nSPS) is 13.6. The van der Waals surface area contributed by atoms with Crippen molar-refractivity contribution < 1.29 is 14.3 Å². The van der Waals surface area contributed by atoms with E-state index in [-0.39, 0.29) is 12.1 Å². The molecule has 0 saturated heterocycles. The van der Waals surface area contributed by atoms with Crippen LogP contribution in [0.1, 0.15) is 44.0 Å². The summed E-state index contributed by atoms with van der Waals surface area (Å²) in [4.78, 5) is 26.2. The Hall–Kier alpha value is -3.03. The third-order valence-corrected chi connectivity index (χ3v) is 4.59. The van der Waals surface area contributed by atoms with Gasteiger partial charge in [-0.15, -0.1) is 0 Å². The Morgan fingerprint density at radius 1 is 1.24 bits per heavy atom. The molecule has 1 aliphatic heterocycles. The maximum absolute atomic E-state index is 12.3. The Bertz CT molecular complexity index is 842. The third kappa shape index (κ3) is 5.97. The molecule has 0 unspecified atom stereocenters. The van der Waals surface area contributed by atoms with E-state index in [1.165, 1.54) is 5.56 Å². The summed E-state index contributed by atoms with van der Waals surface area (Å²) in [5, 5.41) is 12.8. The summed E-state index contributed by atoms with van der Waals surface area (Å²) in [6, 6.07) is 9.86. The molecule has 0 spiro atoms. The number of fused-ring (bicyclic) bond motifs is 1. The van der Waals surface area contributed by atoms with Crippen molar-refractivity contribution in [2.24, 2.45) is 0 Å². The molecule has 3 amide bonds. The van der Waals surface area contributed by atoms with Crippen LogP contribution in [-0.4, -0.2) is 45.9 Å². The molecule has 0 aliphatic carbocycles. The Labute approximate surface area is 171 Å². The molecule has 0 fully saturated rings. The van der Waals surface area contributed by atoms with E-state index in [9.17, 15) is 9.59 Å².